The van der Waals surface area contributed by atoms with Crippen LogP contribution in [0.1, 0.15) is 265 Å². The summed E-state index contributed by atoms with van der Waals surface area (Å²) in [6.45, 7) is 6.37. The molecule has 0 aromatic heterocycles. The first-order valence-electron chi connectivity index (χ1n) is 27.0. The summed E-state index contributed by atoms with van der Waals surface area (Å²) in [5.41, 5.74) is 0. The molecule has 0 saturated carbocycles. The number of aliphatic hydroxyl groups is 2. The smallest absolute Gasteiger partial charge is 0.306 e. The third-order valence-electron chi connectivity index (χ3n) is 12.1. The number of ether oxygens (including phenoxy) is 1. The number of nitrogens with one attached hydrogen (secondary N) is 1. The van der Waals surface area contributed by atoms with Crippen molar-refractivity contribution in [3.8, 4) is 0 Å². The molecule has 3 unspecified atom stereocenters. The number of hydrogen-bond donors (Lipinski definition) is 3. The monoisotopic (exact) mass is 882 g/mol. The molecule has 0 aliphatic carbocycles. The lowest BCUT2D eigenvalue weighted by molar-refractivity contribution is -0.151. The fourth-order valence-corrected chi connectivity index (χ4v) is 8.05. The van der Waals surface area contributed by atoms with Gasteiger partial charge < -0.3 is 20.3 Å². The van der Waals surface area contributed by atoms with Gasteiger partial charge in [0.1, 0.15) is 6.10 Å². The molecule has 6 heteroatoms. The molecule has 0 spiro atoms. The molecule has 366 valence electrons. The van der Waals surface area contributed by atoms with Gasteiger partial charge >= 0.3 is 5.97 Å². The summed E-state index contributed by atoms with van der Waals surface area (Å²) in [7, 11) is 0. The van der Waals surface area contributed by atoms with Gasteiger partial charge in [0.2, 0.25) is 5.91 Å². The Labute approximate surface area is 390 Å². The van der Waals surface area contributed by atoms with Crippen LogP contribution in [0, 0.1) is 0 Å². The van der Waals surface area contributed by atoms with Gasteiger partial charge in [-0.25, -0.2) is 0 Å². The summed E-state index contributed by atoms with van der Waals surface area (Å²) in [6, 6.07) is -0.719. The molecule has 0 aromatic carbocycles. The maximum Gasteiger partial charge on any atom is 0.306 e. The van der Waals surface area contributed by atoms with E-state index in [1.807, 2.05) is 0 Å². The van der Waals surface area contributed by atoms with Gasteiger partial charge in [-0.3, -0.25) is 9.59 Å². The van der Waals surface area contributed by atoms with E-state index in [0.29, 0.717) is 19.3 Å². The normalized spacial score (nSPS) is 13.7. The van der Waals surface area contributed by atoms with Crippen LogP contribution in [0.4, 0.5) is 0 Å². The van der Waals surface area contributed by atoms with Crippen LogP contribution in [0.25, 0.3) is 0 Å². The highest BCUT2D eigenvalue weighted by molar-refractivity contribution is 5.77. The van der Waals surface area contributed by atoms with Crippen LogP contribution < -0.4 is 5.32 Å². The second-order valence-electron chi connectivity index (χ2n) is 18.3. The van der Waals surface area contributed by atoms with E-state index >= 15 is 0 Å². The molecular weight excluding hydrogens is 779 g/mol. The van der Waals surface area contributed by atoms with Crippen LogP contribution in [-0.2, 0) is 14.3 Å². The molecule has 0 aliphatic heterocycles. The average molecular weight is 882 g/mol. The molecule has 3 N–H and O–H groups in total. The van der Waals surface area contributed by atoms with Crippen LogP contribution in [0.2, 0.25) is 0 Å². The minimum Gasteiger partial charge on any atom is -0.462 e. The molecule has 0 rings (SSSR count). The van der Waals surface area contributed by atoms with E-state index in [1.165, 1.54) is 135 Å². The predicted molar refractivity (Wildman–Crippen MR) is 273 cm³/mol. The Morgan fingerprint density at radius 3 is 1.27 bits per heavy atom. The summed E-state index contributed by atoms with van der Waals surface area (Å²) in [5, 5.41) is 23.8. The molecule has 6 nitrogen and oxygen atoms in total. The fraction of sp³-hybridized carbons (Fsp3) is 0.789. The minimum atomic E-state index is -0.802. The van der Waals surface area contributed by atoms with Crippen LogP contribution in [0.15, 0.2) is 60.8 Å². The molecule has 0 bridgehead atoms. The van der Waals surface area contributed by atoms with Gasteiger partial charge in [0.05, 0.1) is 25.2 Å². The Morgan fingerprint density at radius 2 is 0.857 bits per heavy atom. The number of carbonyl (C=O) groups is 2. The van der Waals surface area contributed by atoms with E-state index in [4.69, 9.17) is 4.74 Å². The second-order valence-corrected chi connectivity index (χ2v) is 18.3. The lowest BCUT2D eigenvalue weighted by Gasteiger charge is -2.24. The SMILES string of the molecule is CC/C=C\C/C=C\C/C=C\C/C=C\C/C=C\CCCC(CC(=O)NC(CO)C(O)CCCCCCCCCCCCCCC)OC(=O)CCCCCCCCCCCCCCCC. The van der Waals surface area contributed by atoms with E-state index in [1.54, 1.807) is 0 Å². The topological polar surface area (TPSA) is 95.9 Å². The zero-order valence-electron chi connectivity index (χ0n) is 41.7. The van der Waals surface area contributed by atoms with Crippen LogP contribution >= 0.6 is 0 Å². The molecule has 0 fully saturated rings. The molecule has 3 atom stereocenters. The second kappa shape index (κ2) is 50.6. The van der Waals surface area contributed by atoms with Gasteiger partial charge in [0.25, 0.3) is 0 Å². The lowest BCUT2D eigenvalue weighted by Crippen LogP contribution is -2.46. The zero-order chi connectivity index (χ0) is 45.9. The highest BCUT2D eigenvalue weighted by atomic mass is 16.5. The summed E-state index contributed by atoms with van der Waals surface area (Å²) in [4.78, 5) is 26.2. The van der Waals surface area contributed by atoms with Crippen molar-refractivity contribution in [2.24, 2.45) is 0 Å². The Morgan fingerprint density at radius 1 is 0.476 bits per heavy atom. The number of hydrogen-bond acceptors (Lipinski definition) is 5. The largest absolute Gasteiger partial charge is 0.462 e. The summed E-state index contributed by atoms with van der Waals surface area (Å²) < 4.78 is 5.92. The van der Waals surface area contributed by atoms with Crippen molar-refractivity contribution in [2.75, 3.05) is 6.61 Å². The summed E-state index contributed by atoms with van der Waals surface area (Å²) in [6.07, 6.45) is 62.8. The number of allylic oxidation sites excluding steroid dienone is 10. The molecule has 0 aliphatic rings. The molecular formula is C57H103NO5. The maximum absolute atomic E-state index is 13.2. The summed E-state index contributed by atoms with van der Waals surface area (Å²) in [5.74, 6) is -0.523. The third-order valence-corrected chi connectivity index (χ3v) is 12.1. The standard InChI is InChI=1S/C57H103NO5/c1-4-7-10-13-16-19-22-25-27-28-29-31-33-36-39-42-45-48-53(63-57(62)50-47-44-41-38-35-32-26-23-20-17-14-11-8-5-2)51-56(61)58-54(52-59)55(60)49-46-43-40-37-34-30-24-21-18-15-12-9-6-3/h7,10,16,19,25,27,29,31,36,39,53-55,59-60H,4-6,8-9,11-15,17-18,20-24,26,28,30,32-35,37-38,40-52H2,1-3H3,(H,58,61)/b10-7-,19-16-,27-25-,31-29-,39-36-. The molecule has 1 amide bonds. The number of aliphatic hydroxyl groups excluding tert-OH is 2. The van der Waals surface area contributed by atoms with Gasteiger partial charge in [-0.15, -0.1) is 0 Å². The highest BCUT2D eigenvalue weighted by Gasteiger charge is 2.24. The van der Waals surface area contributed by atoms with Gasteiger partial charge in [-0.1, -0.05) is 248 Å². The van der Waals surface area contributed by atoms with Gasteiger partial charge in [0.15, 0.2) is 0 Å². The van der Waals surface area contributed by atoms with E-state index in [-0.39, 0.29) is 24.9 Å². The number of carbonyl (C=O) groups excluding carboxylic acids is 2. The Bertz CT molecular complexity index is 1130. The Kier molecular flexibility index (Phi) is 48.6. The zero-order valence-corrected chi connectivity index (χ0v) is 41.7. The van der Waals surface area contributed by atoms with Crippen LogP contribution in [0.3, 0.4) is 0 Å². The van der Waals surface area contributed by atoms with E-state index < -0.39 is 18.2 Å². The van der Waals surface area contributed by atoms with Crippen molar-refractivity contribution < 1.29 is 24.5 Å². The van der Waals surface area contributed by atoms with Crippen LogP contribution in [0.5, 0.6) is 0 Å². The predicted octanol–water partition coefficient (Wildman–Crippen LogP) is 16.4. The average Bonchev–Trinajstić information content (AvgIpc) is 3.28. The summed E-state index contributed by atoms with van der Waals surface area (Å²) >= 11 is 0. The number of esters is 1. The van der Waals surface area contributed by atoms with Gasteiger partial charge in [-0.05, 0) is 64.2 Å². The first-order valence-corrected chi connectivity index (χ1v) is 27.0. The Hall–Kier alpha value is -2.44. The van der Waals surface area contributed by atoms with Crippen LogP contribution in [-0.4, -0.2) is 46.9 Å². The number of amides is 1. The molecule has 0 saturated heterocycles. The fourth-order valence-electron chi connectivity index (χ4n) is 8.05. The van der Waals surface area contributed by atoms with E-state index in [9.17, 15) is 19.8 Å². The quantitative estimate of drug-likeness (QED) is 0.0321. The highest BCUT2D eigenvalue weighted by Crippen LogP contribution is 2.17. The number of rotatable bonds is 48. The Balaban J connectivity index is 4.68. The first kappa shape index (κ1) is 60.6. The lowest BCUT2D eigenvalue weighted by atomic mass is 10.0. The van der Waals surface area contributed by atoms with Crippen molar-refractivity contribution in [1.82, 2.24) is 5.32 Å². The van der Waals surface area contributed by atoms with Crippen molar-refractivity contribution in [1.29, 1.82) is 0 Å². The third kappa shape index (κ3) is 45.9. The molecule has 0 radical (unpaired) electrons. The number of unbranched alkanes of at least 4 members (excludes halogenated alkanes) is 26. The van der Waals surface area contributed by atoms with Crippen molar-refractivity contribution in [2.45, 2.75) is 283 Å². The molecule has 0 heterocycles. The molecule has 0 aromatic rings. The van der Waals surface area contributed by atoms with E-state index in [0.717, 1.165) is 83.5 Å². The first-order chi connectivity index (χ1) is 31.0. The minimum absolute atomic E-state index is 0.0398. The van der Waals surface area contributed by atoms with Crippen molar-refractivity contribution >= 4 is 11.9 Å². The maximum atomic E-state index is 13.2. The molecule has 63 heavy (non-hydrogen) atoms. The van der Waals surface area contributed by atoms with Crippen molar-refractivity contribution in [3.05, 3.63) is 60.8 Å². The van der Waals surface area contributed by atoms with Gasteiger partial charge in [0, 0.05) is 6.42 Å². The van der Waals surface area contributed by atoms with Gasteiger partial charge in [-0.2, -0.15) is 0 Å². The van der Waals surface area contributed by atoms with Crippen molar-refractivity contribution in [3.63, 3.8) is 0 Å². The van der Waals surface area contributed by atoms with E-state index in [2.05, 4.69) is 86.8 Å².